The van der Waals surface area contributed by atoms with Crippen LogP contribution in [0.15, 0.2) is 47.5 Å². The van der Waals surface area contributed by atoms with Crippen LogP contribution < -0.4 is 25.4 Å². The Morgan fingerprint density at radius 3 is 2.68 bits per heavy atom. The number of carbonyl (C=O) groups is 1. The first-order valence-electron chi connectivity index (χ1n) is 9.41. The van der Waals surface area contributed by atoms with Gasteiger partial charge < -0.3 is 25.4 Å². The standard InChI is InChI=1S/C21H26N4O3/c1-3-22-21(25-13-16-7-8-18-19(12-16)28-14-27-18)24-10-9-23-20(26)17-6-4-5-15(2)11-17/h4-8,11-12H,3,9-10,13-14H2,1-2H3,(H,23,26)(H2,22,24,25). The molecule has 0 aliphatic carbocycles. The molecule has 1 amide bonds. The molecule has 1 heterocycles. The molecule has 0 saturated heterocycles. The Labute approximate surface area is 165 Å². The largest absolute Gasteiger partial charge is 0.454 e. The van der Waals surface area contributed by atoms with Crippen LogP contribution in [0.4, 0.5) is 0 Å². The lowest BCUT2D eigenvalue weighted by molar-refractivity contribution is 0.0954. The Morgan fingerprint density at radius 2 is 1.86 bits per heavy atom. The number of guanidine groups is 1. The number of carbonyl (C=O) groups excluding carboxylic acids is 1. The molecule has 2 aromatic rings. The van der Waals surface area contributed by atoms with Crippen molar-refractivity contribution in [3.63, 3.8) is 0 Å². The molecule has 0 saturated carbocycles. The third-order valence-electron chi connectivity index (χ3n) is 4.18. The summed E-state index contributed by atoms with van der Waals surface area (Å²) in [6.07, 6.45) is 0. The minimum atomic E-state index is -0.0761. The van der Waals surface area contributed by atoms with E-state index in [0.29, 0.717) is 31.2 Å². The van der Waals surface area contributed by atoms with Crippen molar-refractivity contribution in [3.05, 3.63) is 59.2 Å². The molecule has 0 fully saturated rings. The second-order valence-corrected chi connectivity index (χ2v) is 6.43. The molecule has 7 nitrogen and oxygen atoms in total. The van der Waals surface area contributed by atoms with Gasteiger partial charge in [-0.1, -0.05) is 23.8 Å². The van der Waals surface area contributed by atoms with E-state index in [4.69, 9.17) is 9.47 Å². The maximum absolute atomic E-state index is 12.2. The van der Waals surface area contributed by atoms with Gasteiger partial charge in [0.25, 0.3) is 5.91 Å². The normalized spacial score (nSPS) is 12.6. The molecule has 0 spiro atoms. The fourth-order valence-corrected chi connectivity index (χ4v) is 2.80. The topological polar surface area (TPSA) is 84.0 Å². The van der Waals surface area contributed by atoms with Gasteiger partial charge in [-0.2, -0.15) is 0 Å². The summed E-state index contributed by atoms with van der Waals surface area (Å²) in [5.41, 5.74) is 2.77. The summed E-state index contributed by atoms with van der Waals surface area (Å²) in [5, 5.41) is 9.34. The van der Waals surface area contributed by atoms with E-state index in [0.717, 1.165) is 29.2 Å². The van der Waals surface area contributed by atoms with Crippen LogP contribution in [0.25, 0.3) is 0 Å². The van der Waals surface area contributed by atoms with Crippen molar-refractivity contribution >= 4 is 11.9 Å². The zero-order valence-corrected chi connectivity index (χ0v) is 16.2. The second-order valence-electron chi connectivity index (χ2n) is 6.43. The van der Waals surface area contributed by atoms with Gasteiger partial charge in [0.2, 0.25) is 6.79 Å². The van der Waals surface area contributed by atoms with E-state index in [-0.39, 0.29) is 12.7 Å². The summed E-state index contributed by atoms with van der Waals surface area (Å²) in [7, 11) is 0. The van der Waals surface area contributed by atoms with Crippen molar-refractivity contribution in [2.75, 3.05) is 26.4 Å². The van der Waals surface area contributed by atoms with Crippen LogP contribution in [0.1, 0.15) is 28.4 Å². The zero-order valence-electron chi connectivity index (χ0n) is 16.2. The number of hydrogen-bond donors (Lipinski definition) is 3. The Morgan fingerprint density at radius 1 is 1.04 bits per heavy atom. The van der Waals surface area contributed by atoms with Gasteiger partial charge in [0.15, 0.2) is 17.5 Å². The van der Waals surface area contributed by atoms with E-state index in [2.05, 4.69) is 20.9 Å². The number of ether oxygens (including phenoxy) is 2. The minimum Gasteiger partial charge on any atom is -0.454 e. The van der Waals surface area contributed by atoms with Gasteiger partial charge in [-0.15, -0.1) is 0 Å². The summed E-state index contributed by atoms with van der Waals surface area (Å²) in [5.74, 6) is 2.14. The number of rotatable bonds is 7. The first kappa shape index (κ1) is 19.5. The number of hydrogen-bond acceptors (Lipinski definition) is 4. The van der Waals surface area contributed by atoms with Crippen LogP contribution in [0.5, 0.6) is 11.5 Å². The predicted molar refractivity (Wildman–Crippen MR) is 109 cm³/mol. The van der Waals surface area contributed by atoms with E-state index in [1.165, 1.54) is 0 Å². The van der Waals surface area contributed by atoms with Crippen LogP contribution in [-0.4, -0.2) is 38.3 Å². The molecule has 3 rings (SSSR count). The Kier molecular flexibility index (Phi) is 6.73. The molecular weight excluding hydrogens is 356 g/mol. The van der Waals surface area contributed by atoms with Crippen LogP contribution in [0, 0.1) is 6.92 Å². The summed E-state index contributed by atoms with van der Waals surface area (Å²) in [6.45, 7) is 6.59. The first-order chi connectivity index (χ1) is 13.7. The number of aryl methyl sites for hydroxylation is 1. The van der Waals surface area contributed by atoms with Crippen molar-refractivity contribution in [1.29, 1.82) is 0 Å². The van der Waals surface area contributed by atoms with Crippen molar-refractivity contribution in [2.45, 2.75) is 20.4 Å². The average Bonchev–Trinajstić information content (AvgIpc) is 3.17. The number of aliphatic imine (C=N–C) groups is 1. The molecule has 2 aromatic carbocycles. The minimum absolute atomic E-state index is 0.0761. The molecule has 3 N–H and O–H groups in total. The van der Waals surface area contributed by atoms with Crippen LogP contribution >= 0.6 is 0 Å². The molecule has 0 atom stereocenters. The van der Waals surface area contributed by atoms with E-state index in [9.17, 15) is 4.79 Å². The lowest BCUT2D eigenvalue weighted by atomic mass is 10.1. The lowest BCUT2D eigenvalue weighted by Gasteiger charge is -2.12. The highest BCUT2D eigenvalue weighted by Gasteiger charge is 2.13. The van der Waals surface area contributed by atoms with Crippen molar-refractivity contribution in [1.82, 2.24) is 16.0 Å². The Hall–Kier alpha value is -3.22. The first-order valence-corrected chi connectivity index (χ1v) is 9.41. The molecule has 148 valence electrons. The highest BCUT2D eigenvalue weighted by Crippen LogP contribution is 2.32. The van der Waals surface area contributed by atoms with Gasteiger partial charge in [0, 0.05) is 25.2 Å². The lowest BCUT2D eigenvalue weighted by Crippen LogP contribution is -2.41. The highest BCUT2D eigenvalue weighted by atomic mass is 16.7. The van der Waals surface area contributed by atoms with Gasteiger partial charge in [-0.05, 0) is 43.7 Å². The molecule has 0 aromatic heterocycles. The fourth-order valence-electron chi connectivity index (χ4n) is 2.80. The van der Waals surface area contributed by atoms with Crippen LogP contribution in [0.3, 0.4) is 0 Å². The molecule has 28 heavy (non-hydrogen) atoms. The maximum Gasteiger partial charge on any atom is 0.251 e. The third-order valence-corrected chi connectivity index (χ3v) is 4.18. The number of benzene rings is 2. The summed E-state index contributed by atoms with van der Waals surface area (Å²) < 4.78 is 10.7. The zero-order chi connectivity index (χ0) is 19.8. The number of fused-ring (bicyclic) bond motifs is 1. The number of nitrogens with one attached hydrogen (secondary N) is 3. The number of amides is 1. The van der Waals surface area contributed by atoms with E-state index in [1.54, 1.807) is 0 Å². The van der Waals surface area contributed by atoms with Gasteiger partial charge in [0.05, 0.1) is 6.54 Å². The van der Waals surface area contributed by atoms with Crippen LogP contribution in [0.2, 0.25) is 0 Å². The Balaban J connectivity index is 1.47. The molecule has 0 bridgehead atoms. The van der Waals surface area contributed by atoms with Crippen molar-refractivity contribution in [3.8, 4) is 11.5 Å². The van der Waals surface area contributed by atoms with E-state index in [1.807, 2.05) is 56.3 Å². The molecule has 0 radical (unpaired) electrons. The Bertz CT molecular complexity index is 851. The van der Waals surface area contributed by atoms with Gasteiger partial charge >= 0.3 is 0 Å². The SMILES string of the molecule is CCNC(=NCc1ccc2c(c1)OCO2)NCCNC(=O)c1cccc(C)c1. The van der Waals surface area contributed by atoms with Gasteiger partial charge in [-0.25, -0.2) is 4.99 Å². The van der Waals surface area contributed by atoms with Crippen LogP contribution in [-0.2, 0) is 6.54 Å². The summed E-state index contributed by atoms with van der Waals surface area (Å²) >= 11 is 0. The highest BCUT2D eigenvalue weighted by molar-refractivity contribution is 5.94. The smallest absolute Gasteiger partial charge is 0.251 e. The van der Waals surface area contributed by atoms with E-state index >= 15 is 0 Å². The summed E-state index contributed by atoms with van der Waals surface area (Å²) in [6, 6.07) is 13.4. The molecular formula is C21H26N4O3. The molecule has 1 aliphatic heterocycles. The molecule has 1 aliphatic rings. The predicted octanol–water partition coefficient (Wildman–Crippen LogP) is 2.21. The fraction of sp³-hybridized carbons (Fsp3) is 0.333. The van der Waals surface area contributed by atoms with Gasteiger partial charge in [0.1, 0.15) is 0 Å². The second kappa shape index (κ2) is 9.64. The van der Waals surface area contributed by atoms with Crippen molar-refractivity contribution in [2.24, 2.45) is 4.99 Å². The molecule has 0 unspecified atom stereocenters. The van der Waals surface area contributed by atoms with E-state index < -0.39 is 0 Å². The third kappa shape index (κ3) is 5.39. The van der Waals surface area contributed by atoms with Gasteiger partial charge in [-0.3, -0.25) is 4.79 Å². The summed E-state index contributed by atoms with van der Waals surface area (Å²) in [4.78, 5) is 16.7. The maximum atomic E-state index is 12.2. The average molecular weight is 382 g/mol. The quantitative estimate of drug-likeness (QED) is 0.388. The number of nitrogens with zero attached hydrogens (tertiary/aromatic N) is 1. The van der Waals surface area contributed by atoms with Crippen molar-refractivity contribution < 1.29 is 14.3 Å². The molecule has 7 heteroatoms. The monoisotopic (exact) mass is 382 g/mol.